The van der Waals surface area contributed by atoms with Gasteiger partial charge in [-0.3, -0.25) is 0 Å². The number of fused-ring (bicyclic) bond motifs is 6. The Morgan fingerprint density at radius 1 is 0.539 bits per heavy atom. The van der Waals surface area contributed by atoms with Crippen LogP contribution in [0, 0.1) is 44.3 Å². The number of rotatable bonds is 12. The van der Waals surface area contributed by atoms with Crippen LogP contribution in [0.25, 0.3) is 0 Å². The van der Waals surface area contributed by atoms with Crippen LogP contribution in [0.4, 0.5) is 0 Å². The molecule has 4 heterocycles. The number of hydrogen-bond acceptors (Lipinski definition) is 22. The molecular formula is C54H88O22. The Kier molecular flexibility index (Phi) is 16.7. The molecule has 4 aliphatic heterocycles. The highest BCUT2D eigenvalue weighted by atomic mass is 16.8. The Hall–Kier alpha value is -1.40. The second-order valence-electron chi connectivity index (χ2n) is 25.9. The van der Waals surface area contributed by atoms with Crippen LogP contribution < -0.4 is 0 Å². The zero-order chi connectivity index (χ0) is 55.6. The molecule has 4 saturated heterocycles. The predicted molar refractivity (Wildman–Crippen MR) is 263 cm³/mol. The fourth-order valence-corrected chi connectivity index (χ4v) is 16.0. The van der Waals surface area contributed by atoms with E-state index in [-0.39, 0.29) is 41.3 Å². The zero-order valence-electron chi connectivity index (χ0n) is 45.0. The number of ether oxygens (including phenoxy) is 8. The molecule has 5 aliphatic carbocycles. The molecule has 76 heavy (non-hydrogen) atoms. The largest absolute Gasteiger partial charge is 0.396 e. The molecular weight excluding hydrogens is 1000 g/mol. The summed E-state index contributed by atoms with van der Waals surface area (Å²) in [6.45, 7) is 14.3. The van der Waals surface area contributed by atoms with Crippen LogP contribution in [0.5, 0.6) is 0 Å². The molecule has 29 atom stereocenters. The van der Waals surface area contributed by atoms with Crippen molar-refractivity contribution in [1.82, 2.24) is 0 Å². The molecule has 22 heteroatoms. The third-order valence-corrected chi connectivity index (χ3v) is 21.0. The van der Waals surface area contributed by atoms with Gasteiger partial charge in [0.05, 0.1) is 50.8 Å². The Morgan fingerprint density at radius 2 is 1.12 bits per heavy atom. The van der Waals surface area contributed by atoms with E-state index in [0.717, 1.165) is 19.3 Å². The highest BCUT2D eigenvalue weighted by Gasteiger charge is 2.69. The van der Waals surface area contributed by atoms with Gasteiger partial charge >= 0.3 is 0 Å². The van der Waals surface area contributed by atoms with Crippen LogP contribution in [0.15, 0.2) is 23.3 Å². The van der Waals surface area contributed by atoms with E-state index in [4.69, 9.17) is 37.9 Å². The smallest absolute Gasteiger partial charge is 0.187 e. The normalized spacial score (nSPS) is 55.3. The van der Waals surface area contributed by atoms with Gasteiger partial charge < -0.3 is 109 Å². The van der Waals surface area contributed by atoms with Crippen molar-refractivity contribution >= 4 is 0 Å². The van der Waals surface area contributed by atoms with Gasteiger partial charge in [-0.15, -0.1) is 0 Å². The summed E-state index contributed by atoms with van der Waals surface area (Å²) in [6.07, 6.45) is -24.1. The van der Waals surface area contributed by atoms with Gasteiger partial charge in [0, 0.05) is 16.2 Å². The van der Waals surface area contributed by atoms with Gasteiger partial charge in [-0.2, -0.15) is 0 Å². The van der Waals surface area contributed by atoms with E-state index in [1.807, 2.05) is 6.92 Å². The van der Waals surface area contributed by atoms with Crippen LogP contribution in [0.1, 0.15) is 107 Å². The Balaban J connectivity index is 0.978. The summed E-state index contributed by atoms with van der Waals surface area (Å²) >= 11 is 0. The van der Waals surface area contributed by atoms with E-state index in [1.165, 1.54) is 25.0 Å². The summed E-state index contributed by atoms with van der Waals surface area (Å²) < 4.78 is 48.8. The molecule has 0 aromatic rings. The molecule has 14 N–H and O–H groups in total. The van der Waals surface area contributed by atoms with Crippen molar-refractivity contribution in [2.75, 3.05) is 26.4 Å². The average Bonchev–Trinajstić information content (AvgIpc) is 3.57. The average molecular weight is 1090 g/mol. The topological polar surface area (TPSA) is 357 Å². The molecule has 436 valence electrons. The minimum absolute atomic E-state index is 0.00861. The molecule has 0 aromatic heterocycles. The van der Waals surface area contributed by atoms with E-state index < -0.39 is 164 Å². The second kappa shape index (κ2) is 21.4. The number of aliphatic hydroxyl groups is 14. The minimum atomic E-state index is -1.96. The quantitative estimate of drug-likeness (QED) is 0.0975. The maximum Gasteiger partial charge on any atom is 0.187 e. The van der Waals surface area contributed by atoms with Crippen molar-refractivity contribution in [2.24, 2.45) is 44.3 Å². The van der Waals surface area contributed by atoms with Crippen LogP contribution in [0.3, 0.4) is 0 Å². The maximum absolute atomic E-state index is 12.4. The molecule has 0 unspecified atom stereocenters. The fraction of sp³-hybridized carbons (Fsp3) is 0.926. The van der Waals surface area contributed by atoms with E-state index in [9.17, 15) is 71.5 Å². The van der Waals surface area contributed by atoms with Crippen molar-refractivity contribution in [3.05, 3.63) is 23.3 Å². The van der Waals surface area contributed by atoms with Gasteiger partial charge in [-0.25, -0.2) is 0 Å². The molecule has 0 aromatic carbocycles. The van der Waals surface area contributed by atoms with E-state index in [2.05, 4.69) is 46.8 Å². The molecule has 9 rings (SSSR count). The molecule has 22 nitrogen and oxygen atoms in total. The highest BCUT2D eigenvalue weighted by Crippen LogP contribution is 2.74. The minimum Gasteiger partial charge on any atom is -0.396 e. The molecule has 3 saturated carbocycles. The van der Waals surface area contributed by atoms with Crippen molar-refractivity contribution in [2.45, 2.75) is 242 Å². The van der Waals surface area contributed by atoms with E-state index in [1.54, 1.807) is 0 Å². The van der Waals surface area contributed by atoms with Crippen molar-refractivity contribution in [3.8, 4) is 0 Å². The van der Waals surface area contributed by atoms with E-state index in [0.29, 0.717) is 32.1 Å². The van der Waals surface area contributed by atoms with Crippen molar-refractivity contribution in [1.29, 1.82) is 0 Å². The molecule has 0 amide bonds. The first-order chi connectivity index (χ1) is 35.6. The third-order valence-electron chi connectivity index (χ3n) is 21.0. The van der Waals surface area contributed by atoms with Crippen LogP contribution in [-0.4, -0.2) is 233 Å². The number of hydrogen-bond donors (Lipinski definition) is 14. The fourth-order valence-electron chi connectivity index (χ4n) is 16.0. The van der Waals surface area contributed by atoms with Gasteiger partial charge in [0.15, 0.2) is 25.2 Å². The standard InChI is InChI=1S/C54H88O22/c1-23-33(60)35(62)38(65)45(69-23)75-43-28(20-56)72-47(40(67)37(43)64)74-42-24(2)70-48(44(41(42)68)76-46-39(66)36(63)34(61)27(19-55)71-46)73-32-12-13-50(5)29(51(32,6)21-57)11-14-52(7)30(50)10-9-25-26-17-49(3,4)15-16-54(26,22-58)31(59)18-53(25,52)8/h9-10,23-24,27-48,55-68H,11-22H2,1-8H3/t23-,24+,27+,28+,29+,30+,31-,32-,33-,34+,35+,36-,37-,38+,39+,40+,41-,42-,43+,44+,45-,46-,47-,48-,50-,51-,52+,53+,54+/m0/s1. The van der Waals surface area contributed by atoms with Crippen LogP contribution in [0.2, 0.25) is 0 Å². The Morgan fingerprint density at radius 3 is 1.75 bits per heavy atom. The van der Waals surface area contributed by atoms with E-state index >= 15 is 0 Å². The van der Waals surface area contributed by atoms with Gasteiger partial charge in [0.1, 0.15) is 85.5 Å². The molecule has 0 bridgehead atoms. The molecule has 0 radical (unpaired) electrons. The SMILES string of the molecule is C[C@@H]1O[C@@H](O[C@H]2[C@@H](O)[C@@H](O)[C@H](O[C@@H]3[C@H](O)[C@@H](O[C@@H]4O[C@H](CO)[C@@H](O)[C@H](O)[C@H]4O)[C@H](O[C@H]4CC[C@@]5(C)[C@@H](CC[C@]6(C)[C@@H]5C=CC5=C7CC(C)(C)CC[C@]7(CO)[C@@H](O)C[C@]56C)[C@]4(C)CO)O[C@@H]3C)O[C@@H]2CO)[C@H](O)[C@H](O)[C@H]1O. The van der Waals surface area contributed by atoms with Gasteiger partial charge in [-0.05, 0) is 98.9 Å². The first-order valence-electron chi connectivity index (χ1n) is 27.5. The first-order valence-corrected chi connectivity index (χ1v) is 27.5. The lowest BCUT2D eigenvalue weighted by Gasteiger charge is -2.70. The van der Waals surface area contributed by atoms with Gasteiger partial charge in [-0.1, -0.05) is 59.3 Å². The Bertz CT molecular complexity index is 2110. The van der Waals surface area contributed by atoms with Crippen molar-refractivity contribution in [3.63, 3.8) is 0 Å². The number of aliphatic hydroxyl groups excluding tert-OH is 14. The summed E-state index contributed by atoms with van der Waals surface area (Å²) in [5.41, 5.74) is -0.336. The Labute approximate surface area is 444 Å². The second-order valence-corrected chi connectivity index (χ2v) is 25.9. The molecule has 0 spiro atoms. The summed E-state index contributed by atoms with van der Waals surface area (Å²) in [5, 5.41) is 154. The third kappa shape index (κ3) is 9.34. The summed E-state index contributed by atoms with van der Waals surface area (Å²) in [4.78, 5) is 0. The highest BCUT2D eigenvalue weighted by molar-refractivity contribution is 5.47. The lowest BCUT2D eigenvalue weighted by atomic mass is 9.35. The molecule has 7 fully saturated rings. The monoisotopic (exact) mass is 1090 g/mol. The van der Waals surface area contributed by atoms with Gasteiger partial charge in [0.25, 0.3) is 0 Å². The lowest BCUT2D eigenvalue weighted by Crippen LogP contribution is -2.68. The first kappa shape index (κ1) is 59.2. The lowest BCUT2D eigenvalue weighted by molar-refractivity contribution is -0.398. The maximum atomic E-state index is 12.4. The zero-order valence-corrected chi connectivity index (χ0v) is 45.0. The summed E-state index contributed by atoms with van der Waals surface area (Å²) in [5.74, 6) is -0.120. The summed E-state index contributed by atoms with van der Waals surface area (Å²) in [7, 11) is 0. The van der Waals surface area contributed by atoms with Crippen LogP contribution >= 0.6 is 0 Å². The van der Waals surface area contributed by atoms with Crippen LogP contribution in [-0.2, 0) is 37.9 Å². The van der Waals surface area contributed by atoms with Gasteiger partial charge in [0.2, 0.25) is 0 Å². The molecule has 9 aliphatic rings. The number of allylic oxidation sites excluding steroid dienone is 3. The van der Waals surface area contributed by atoms with Crippen molar-refractivity contribution < 1.29 is 109 Å². The summed E-state index contributed by atoms with van der Waals surface area (Å²) in [6, 6.07) is 0. The predicted octanol–water partition coefficient (Wildman–Crippen LogP) is -1.64.